The van der Waals surface area contributed by atoms with Crippen molar-refractivity contribution >= 4 is 17.7 Å². The lowest BCUT2D eigenvalue weighted by Gasteiger charge is -2.41. The Hall–Kier alpha value is -1.43. The summed E-state index contributed by atoms with van der Waals surface area (Å²) in [5.74, 6) is -1.16. The average molecular weight is 240 g/mol. The van der Waals surface area contributed by atoms with Gasteiger partial charge in [0.1, 0.15) is 18.2 Å². The summed E-state index contributed by atoms with van der Waals surface area (Å²) in [5, 5.41) is 2.23. The van der Waals surface area contributed by atoms with Crippen molar-refractivity contribution < 1.29 is 19.1 Å². The fourth-order valence-corrected chi connectivity index (χ4v) is 2.08. The van der Waals surface area contributed by atoms with Crippen LogP contribution in [-0.2, 0) is 19.1 Å². The van der Waals surface area contributed by atoms with Crippen molar-refractivity contribution in [2.24, 2.45) is 0 Å². The molecule has 6 heteroatoms. The molecule has 6 nitrogen and oxygen atoms in total. The number of carbonyl (C=O) groups excluding carboxylic acids is 3. The predicted molar refractivity (Wildman–Crippen MR) is 57.9 cm³/mol. The summed E-state index contributed by atoms with van der Waals surface area (Å²) in [4.78, 5) is 36.5. The molecular weight excluding hydrogens is 224 g/mol. The first kappa shape index (κ1) is 12.0. The second kappa shape index (κ2) is 4.10. The number of amides is 3. The summed E-state index contributed by atoms with van der Waals surface area (Å²) in [7, 11) is 0. The predicted octanol–water partition coefficient (Wildman–Crippen LogP) is -0.571. The van der Waals surface area contributed by atoms with Crippen LogP contribution >= 0.6 is 0 Å². The van der Waals surface area contributed by atoms with Crippen LogP contribution in [0.5, 0.6) is 0 Å². The maximum atomic E-state index is 12.2. The zero-order valence-corrected chi connectivity index (χ0v) is 9.99. The molecule has 17 heavy (non-hydrogen) atoms. The molecule has 2 rings (SSSR count). The molecule has 2 heterocycles. The van der Waals surface area contributed by atoms with E-state index < -0.39 is 23.5 Å². The molecule has 0 unspecified atom stereocenters. The van der Waals surface area contributed by atoms with Crippen molar-refractivity contribution in [2.45, 2.75) is 38.3 Å². The Balaban J connectivity index is 2.19. The van der Waals surface area contributed by atoms with Crippen LogP contribution < -0.4 is 5.32 Å². The number of hydrogen-bond donors (Lipinski definition) is 1. The zero-order valence-electron chi connectivity index (χ0n) is 9.99. The lowest BCUT2D eigenvalue weighted by Crippen LogP contribution is -2.66. The van der Waals surface area contributed by atoms with Crippen LogP contribution in [0.2, 0.25) is 0 Å². The Morgan fingerprint density at radius 3 is 2.76 bits per heavy atom. The minimum atomic E-state index is -1.00. The highest BCUT2D eigenvalue weighted by molar-refractivity contribution is 6.06. The smallest absolute Gasteiger partial charge is 0.253 e. The number of piperazine rings is 1. The molecule has 0 aromatic carbocycles. The van der Waals surface area contributed by atoms with Gasteiger partial charge in [-0.15, -0.1) is 0 Å². The van der Waals surface area contributed by atoms with Gasteiger partial charge in [0.25, 0.3) is 11.8 Å². The highest BCUT2D eigenvalue weighted by Crippen LogP contribution is 2.23. The maximum Gasteiger partial charge on any atom is 0.253 e. The quantitative estimate of drug-likeness (QED) is 0.623. The Morgan fingerprint density at radius 2 is 2.18 bits per heavy atom. The standard InChI is InChI=1S/C11H16N2O4/c1-11(2)10(16)12-8(14)6-13(11)9(15)7-4-3-5-17-7/h7H,3-6H2,1-2H3,(H,12,14,16)/t7-/m0/s1. The van der Waals surface area contributed by atoms with Crippen molar-refractivity contribution in [1.29, 1.82) is 0 Å². The Kier molecular flexibility index (Phi) is 2.91. The molecule has 2 fully saturated rings. The Labute approximate surface area is 99.3 Å². The summed E-state index contributed by atoms with van der Waals surface area (Å²) in [6, 6.07) is 0. The fraction of sp³-hybridized carbons (Fsp3) is 0.727. The third-order valence-electron chi connectivity index (χ3n) is 3.26. The minimum absolute atomic E-state index is 0.0859. The molecule has 2 saturated heterocycles. The number of nitrogens with zero attached hydrogens (tertiary/aromatic N) is 1. The zero-order chi connectivity index (χ0) is 12.6. The van der Waals surface area contributed by atoms with Crippen molar-refractivity contribution in [2.75, 3.05) is 13.2 Å². The third kappa shape index (κ3) is 2.04. The summed E-state index contributed by atoms with van der Waals surface area (Å²) < 4.78 is 5.30. The van der Waals surface area contributed by atoms with Crippen molar-refractivity contribution in [1.82, 2.24) is 10.2 Å². The molecule has 0 aliphatic carbocycles. The van der Waals surface area contributed by atoms with Gasteiger partial charge < -0.3 is 9.64 Å². The first-order valence-electron chi connectivity index (χ1n) is 5.70. The van der Waals surface area contributed by atoms with E-state index in [9.17, 15) is 14.4 Å². The largest absolute Gasteiger partial charge is 0.368 e. The summed E-state index contributed by atoms with van der Waals surface area (Å²) in [5.41, 5.74) is -1.00. The molecular formula is C11H16N2O4. The van der Waals surface area contributed by atoms with Crippen molar-refractivity contribution in [3.8, 4) is 0 Å². The van der Waals surface area contributed by atoms with Gasteiger partial charge in [-0.3, -0.25) is 19.7 Å². The highest BCUT2D eigenvalue weighted by atomic mass is 16.5. The van der Waals surface area contributed by atoms with Crippen LogP contribution in [0.3, 0.4) is 0 Å². The van der Waals surface area contributed by atoms with Gasteiger partial charge in [0, 0.05) is 6.61 Å². The second-order valence-corrected chi connectivity index (χ2v) is 4.86. The molecule has 2 aliphatic rings. The van der Waals surface area contributed by atoms with Crippen LogP contribution in [0.1, 0.15) is 26.7 Å². The van der Waals surface area contributed by atoms with E-state index in [4.69, 9.17) is 4.74 Å². The summed E-state index contributed by atoms with van der Waals surface area (Å²) >= 11 is 0. The monoisotopic (exact) mass is 240 g/mol. The number of carbonyl (C=O) groups is 3. The van der Waals surface area contributed by atoms with Gasteiger partial charge in [-0.05, 0) is 26.7 Å². The lowest BCUT2D eigenvalue weighted by molar-refractivity contribution is -0.160. The number of hydrogen-bond acceptors (Lipinski definition) is 4. The summed E-state index contributed by atoms with van der Waals surface area (Å²) in [6.45, 7) is 3.73. The molecule has 1 N–H and O–H groups in total. The first-order valence-corrected chi connectivity index (χ1v) is 5.70. The van der Waals surface area contributed by atoms with E-state index in [1.54, 1.807) is 13.8 Å². The van der Waals surface area contributed by atoms with Gasteiger partial charge in [-0.1, -0.05) is 0 Å². The Morgan fingerprint density at radius 1 is 1.47 bits per heavy atom. The van der Waals surface area contributed by atoms with Gasteiger partial charge in [0.2, 0.25) is 5.91 Å². The van der Waals surface area contributed by atoms with Crippen molar-refractivity contribution in [3.05, 3.63) is 0 Å². The van der Waals surface area contributed by atoms with Crippen LogP contribution in [0.15, 0.2) is 0 Å². The molecule has 3 amide bonds. The molecule has 0 saturated carbocycles. The van der Waals surface area contributed by atoms with E-state index in [0.717, 1.165) is 6.42 Å². The second-order valence-electron chi connectivity index (χ2n) is 4.86. The average Bonchev–Trinajstić information content (AvgIpc) is 2.76. The normalized spacial score (nSPS) is 28.1. The number of imide groups is 1. The SMILES string of the molecule is CC1(C)C(=O)NC(=O)CN1C(=O)[C@@H]1CCCO1. The van der Waals surface area contributed by atoms with Gasteiger partial charge >= 0.3 is 0 Å². The summed E-state index contributed by atoms with van der Waals surface area (Å²) in [6.07, 6.45) is 0.986. The van der Waals surface area contributed by atoms with Crippen LogP contribution in [0, 0.1) is 0 Å². The van der Waals surface area contributed by atoms with E-state index in [-0.39, 0.29) is 12.5 Å². The molecule has 0 spiro atoms. The first-order chi connectivity index (χ1) is 7.93. The highest BCUT2D eigenvalue weighted by Gasteiger charge is 2.45. The molecule has 0 bridgehead atoms. The van der Waals surface area contributed by atoms with Gasteiger partial charge in [-0.25, -0.2) is 0 Å². The molecule has 0 aromatic heterocycles. The van der Waals surface area contributed by atoms with E-state index in [0.29, 0.717) is 13.0 Å². The van der Waals surface area contributed by atoms with Gasteiger partial charge in [0.05, 0.1) is 0 Å². The van der Waals surface area contributed by atoms with Crippen LogP contribution in [0.25, 0.3) is 0 Å². The van der Waals surface area contributed by atoms with Crippen molar-refractivity contribution in [3.63, 3.8) is 0 Å². The number of ether oxygens (including phenoxy) is 1. The topological polar surface area (TPSA) is 75.7 Å². The van der Waals surface area contributed by atoms with Crippen LogP contribution in [-0.4, -0.2) is 47.4 Å². The third-order valence-corrected chi connectivity index (χ3v) is 3.26. The molecule has 0 aromatic rings. The maximum absolute atomic E-state index is 12.2. The number of nitrogens with one attached hydrogen (secondary N) is 1. The van der Waals surface area contributed by atoms with E-state index >= 15 is 0 Å². The van der Waals surface area contributed by atoms with E-state index in [2.05, 4.69) is 5.32 Å². The fourth-order valence-electron chi connectivity index (χ4n) is 2.08. The van der Waals surface area contributed by atoms with Gasteiger partial charge in [0.15, 0.2) is 0 Å². The molecule has 2 aliphatic heterocycles. The van der Waals surface area contributed by atoms with E-state index in [1.165, 1.54) is 4.90 Å². The van der Waals surface area contributed by atoms with Gasteiger partial charge in [-0.2, -0.15) is 0 Å². The Bertz CT molecular complexity index is 372. The number of rotatable bonds is 1. The molecule has 1 atom stereocenters. The van der Waals surface area contributed by atoms with E-state index in [1.807, 2.05) is 0 Å². The lowest BCUT2D eigenvalue weighted by atomic mass is 9.97. The van der Waals surface area contributed by atoms with Crippen LogP contribution in [0.4, 0.5) is 0 Å². The molecule has 0 radical (unpaired) electrons. The minimum Gasteiger partial charge on any atom is -0.368 e. The molecule has 94 valence electrons.